The molecular formula is C14H19BrClFN2O. The van der Waals surface area contributed by atoms with Crippen molar-refractivity contribution in [2.45, 2.75) is 12.8 Å². The van der Waals surface area contributed by atoms with Crippen LogP contribution in [0.15, 0.2) is 22.7 Å². The van der Waals surface area contributed by atoms with Gasteiger partial charge in [0.1, 0.15) is 5.82 Å². The van der Waals surface area contributed by atoms with Gasteiger partial charge in [0.25, 0.3) is 5.91 Å². The predicted molar refractivity (Wildman–Crippen MR) is 83.9 cm³/mol. The third kappa shape index (κ3) is 4.17. The van der Waals surface area contributed by atoms with Gasteiger partial charge >= 0.3 is 0 Å². The van der Waals surface area contributed by atoms with E-state index < -0.39 is 5.82 Å². The summed E-state index contributed by atoms with van der Waals surface area (Å²) < 4.78 is 13.8. The molecule has 1 aromatic rings. The van der Waals surface area contributed by atoms with Crippen molar-refractivity contribution in [3.05, 3.63) is 34.1 Å². The molecule has 2 rings (SSSR count). The standard InChI is InChI=1S/C14H18BrFN2O.ClH/c1-17-9-10-4-6-18(7-5-10)14(19)11-2-3-12(15)13(16)8-11;/h2-3,8,10,17H,4-7,9H2,1H3;1H. The Morgan fingerprint density at radius 3 is 2.65 bits per heavy atom. The van der Waals surface area contributed by atoms with Crippen LogP contribution in [0.3, 0.4) is 0 Å². The van der Waals surface area contributed by atoms with Gasteiger partial charge in [-0.3, -0.25) is 4.79 Å². The van der Waals surface area contributed by atoms with Gasteiger partial charge < -0.3 is 10.2 Å². The van der Waals surface area contributed by atoms with E-state index in [0.29, 0.717) is 16.0 Å². The summed E-state index contributed by atoms with van der Waals surface area (Å²) in [5.74, 6) is 0.168. The highest BCUT2D eigenvalue weighted by Crippen LogP contribution is 2.21. The minimum atomic E-state index is -0.393. The first-order valence-corrected chi connectivity index (χ1v) is 7.30. The lowest BCUT2D eigenvalue weighted by atomic mass is 9.96. The van der Waals surface area contributed by atoms with Crippen molar-refractivity contribution >= 4 is 34.2 Å². The Balaban J connectivity index is 0.00000200. The van der Waals surface area contributed by atoms with Gasteiger partial charge in [0.05, 0.1) is 4.47 Å². The minimum absolute atomic E-state index is 0. The maximum absolute atomic E-state index is 13.4. The highest BCUT2D eigenvalue weighted by atomic mass is 79.9. The topological polar surface area (TPSA) is 32.3 Å². The summed E-state index contributed by atoms with van der Waals surface area (Å²) in [5, 5.41) is 3.17. The zero-order chi connectivity index (χ0) is 13.8. The minimum Gasteiger partial charge on any atom is -0.339 e. The Morgan fingerprint density at radius 2 is 2.10 bits per heavy atom. The molecule has 1 saturated heterocycles. The van der Waals surface area contributed by atoms with Crippen molar-refractivity contribution in [1.82, 2.24) is 10.2 Å². The molecule has 1 amide bonds. The Labute approximate surface area is 133 Å². The lowest BCUT2D eigenvalue weighted by molar-refractivity contribution is 0.0690. The second-order valence-electron chi connectivity index (χ2n) is 4.92. The summed E-state index contributed by atoms with van der Waals surface area (Å²) in [6.45, 7) is 2.50. The van der Waals surface area contributed by atoms with Crippen LogP contribution in [-0.4, -0.2) is 37.5 Å². The van der Waals surface area contributed by atoms with Crippen LogP contribution in [0.25, 0.3) is 0 Å². The van der Waals surface area contributed by atoms with Crippen molar-refractivity contribution in [2.75, 3.05) is 26.7 Å². The Bertz CT molecular complexity index is 464. The van der Waals surface area contributed by atoms with Crippen LogP contribution in [-0.2, 0) is 0 Å². The lowest BCUT2D eigenvalue weighted by Crippen LogP contribution is -2.40. The summed E-state index contributed by atoms with van der Waals surface area (Å²) in [7, 11) is 1.95. The molecule has 0 atom stereocenters. The number of amides is 1. The monoisotopic (exact) mass is 364 g/mol. The van der Waals surface area contributed by atoms with E-state index in [2.05, 4.69) is 21.2 Å². The van der Waals surface area contributed by atoms with Gasteiger partial charge in [-0.1, -0.05) is 0 Å². The normalized spacial score (nSPS) is 15.8. The second kappa shape index (κ2) is 7.96. The number of nitrogens with one attached hydrogen (secondary N) is 1. The lowest BCUT2D eigenvalue weighted by Gasteiger charge is -2.32. The number of likely N-dealkylation sites (tertiary alicyclic amines) is 1. The first kappa shape index (κ1) is 17.4. The number of piperidine rings is 1. The first-order valence-electron chi connectivity index (χ1n) is 6.50. The van der Waals surface area contributed by atoms with Gasteiger partial charge in [0, 0.05) is 18.7 Å². The van der Waals surface area contributed by atoms with Crippen molar-refractivity contribution in [3.8, 4) is 0 Å². The predicted octanol–water partition coefficient (Wildman–Crippen LogP) is 3.08. The van der Waals surface area contributed by atoms with Crippen LogP contribution >= 0.6 is 28.3 Å². The van der Waals surface area contributed by atoms with E-state index >= 15 is 0 Å². The summed E-state index contributed by atoms with van der Waals surface area (Å²) in [6, 6.07) is 4.54. The van der Waals surface area contributed by atoms with Crippen LogP contribution < -0.4 is 5.32 Å². The zero-order valence-electron chi connectivity index (χ0n) is 11.4. The number of nitrogens with zero attached hydrogens (tertiary/aromatic N) is 1. The maximum Gasteiger partial charge on any atom is 0.253 e. The summed E-state index contributed by atoms with van der Waals surface area (Å²) in [4.78, 5) is 14.1. The highest BCUT2D eigenvalue weighted by Gasteiger charge is 2.23. The number of halogens is 3. The van der Waals surface area contributed by atoms with E-state index in [0.717, 1.165) is 32.5 Å². The van der Waals surface area contributed by atoms with Crippen LogP contribution in [0.2, 0.25) is 0 Å². The quantitative estimate of drug-likeness (QED) is 0.893. The van der Waals surface area contributed by atoms with Crippen LogP contribution in [0.4, 0.5) is 4.39 Å². The molecule has 0 saturated carbocycles. The van der Waals surface area contributed by atoms with E-state index in [1.807, 2.05) is 11.9 Å². The molecule has 0 unspecified atom stereocenters. The molecule has 1 aromatic carbocycles. The van der Waals surface area contributed by atoms with Crippen molar-refractivity contribution in [2.24, 2.45) is 5.92 Å². The highest BCUT2D eigenvalue weighted by molar-refractivity contribution is 9.10. The Hall–Kier alpha value is -0.650. The molecule has 1 fully saturated rings. The third-order valence-corrected chi connectivity index (χ3v) is 4.20. The molecular weight excluding hydrogens is 347 g/mol. The van der Waals surface area contributed by atoms with Crippen LogP contribution in [0.1, 0.15) is 23.2 Å². The van der Waals surface area contributed by atoms with Gasteiger partial charge in [0.15, 0.2) is 0 Å². The fraction of sp³-hybridized carbons (Fsp3) is 0.500. The molecule has 1 aliphatic rings. The number of hydrogen-bond acceptors (Lipinski definition) is 2. The van der Waals surface area contributed by atoms with Crippen molar-refractivity contribution < 1.29 is 9.18 Å². The van der Waals surface area contributed by atoms with E-state index in [4.69, 9.17) is 0 Å². The first-order chi connectivity index (χ1) is 9.11. The molecule has 0 aromatic heterocycles. The van der Waals surface area contributed by atoms with Gasteiger partial charge in [-0.25, -0.2) is 4.39 Å². The van der Waals surface area contributed by atoms with Crippen LogP contribution in [0.5, 0.6) is 0 Å². The molecule has 0 bridgehead atoms. The average Bonchev–Trinajstić information content (AvgIpc) is 2.42. The molecule has 0 spiro atoms. The molecule has 0 radical (unpaired) electrons. The van der Waals surface area contributed by atoms with E-state index in [1.54, 1.807) is 12.1 Å². The Kier molecular flexibility index (Phi) is 6.92. The molecule has 0 aliphatic carbocycles. The summed E-state index contributed by atoms with van der Waals surface area (Å²) in [6.07, 6.45) is 2.01. The average molecular weight is 366 g/mol. The van der Waals surface area contributed by atoms with Gasteiger partial charge in [-0.2, -0.15) is 0 Å². The van der Waals surface area contributed by atoms with Crippen molar-refractivity contribution in [3.63, 3.8) is 0 Å². The van der Waals surface area contributed by atoms with Gasteiger partial charge in [-0.15, -0.1) is 12.4 Å². The molecule has 6 heteroatoms. The maximum atomic E-state index is 13.4. The summed E-state index contributed by atoms with van der Waals surface area (Å²) in [5.41, 5.74) is 0.424. The fourth-order valence-electron chi connectivity index (χ4n) is 2.44. The molecule has 3 nitrogen and oxygen atoms in total. The van der Waals surface area contributed by atoms with Gasteiger partial charge in [-0.05, 0) is 66.5 Å². The third-order valence-electron chi connectivity index (χ3n) is 3.56. The number of hydrogen-bond donors (Lipinski definition) is 1. The number of benzene rings is 1. The number of carbonyl (C=O) groups is 1. The molecule has 1 N–H and O–H groups in total. The van der Waals surface area contributed by atoms with Crippen LogP contribution in [0, 0.1) is 11.7 Å². The molecule has 1 heterocycles. The van der Waals surface area contributed by atoms with E-state index in [9.17, 15) is 9.18 Å². The molecule has 112 valence electrons. The van der Waals surface area contributed by atoms with Gasteiger partial charge in [0.2, 0.25) is 0 Å². The van der Waals surface area contributed by atoms with E-state index in [-0.39, 0.29) is 18.3 Å². The Morgan fingerprint density at radius 1 is 1.45 bits per heavy atom. The van der Waals surface area contributed by atoms with E-state index in [1.165, 1.54) is 6.07 Å². The molecule has 20 heavy (non-hydrogen) atoms. The number of carbonyl (C=O) groups excluding carboxylic acids is 1. The summed E-state index contributed by atoms with van der Waals surface area (Å²) >= 11 is 3.09. The van der Waals surface area contributed by atoms with Crippen molar-refractivity contribution in [1.29, 1.82) is 0 Å². The second-order valence-corrected chi connectivity index (χ2v) is 5.78. The fourth-order valence-corrected chi connectivity index (χ4v) is 2.69. The number of rotatable bonds is 3. The molecule has 1 aliphatic heterocycles. The largest absolute Gasteiger partial charge is 0.339 e. The zero-order valence-corrected chi connectivity index (χ0v) is 13.8. The SMILES string of the molecule is CNCC1CCN(C(=O)c2ccc(Br)c(F)c2)CC1.Cl. The smallest absolute Gasteiger partial charge is 0.253 e.